The van der Waals surface area contributed by atoms with Gasteiger partial charge in [0.1, 0.15) is 0 Å². The lowest BCUT2D eigenvalue weighted by Crippen LogP contribution is -2.18. The number of benzene rings is 1. The Bertz CT molecular complexity index is 491. The third kappa shape index (κ3) is 2.82. The van der Waals surface area contributed by atoms with Gasteiger partial charge in [0.15, 0.2) is 0 Å². The minimum absolute atomic E-state index is 0.199. The second-order valence-corrected chi connectivity index (χ2v) is 5.65. The van der Waals surface area contributed by atoms with Crippen molar-refractivity contribution < 1.29 is 8.42 Å². The van der Waals surface area contributed by atoms with Gasteiger partial charge >= 0.3 is 0 Å². The number of hydrogen-bond acceptors (Lipinski definition) is 3. The highest BCUT2D eigenvalue weighted by Gasteiger charge is 2.13. The quantitative estimate of drug-likeness (QED) is 0.859. The highest BCUT2D eigenvalue weighted by molar-refractivity contribution is 9.09. The van der Waals surface area contributed by atoms with Gasteiger partial charge in [-0.1, -0.05) is 28.1 Å². The first-order chi connectivity index (χ1) is 7.55. The standard InChI is InChI=1S/C10H11BrN2O2S/c1-13-16(14,15)10-4-2-8(3-5-10)9(6-11)7-12/h2-5,9,13H,6H2,1H3. The van der Waals surface area contributed by atoms with Gasteiger partial charge < -0.3 is 0 Å². The topological polar surface area (TPSA) is 70.0 Å². The molecule has 0 spiro atoms. The Balaban J connectivity index is 3.06. The molecule has 1 N–H and O–H groups in total. The van der Waals surface area contributed by atoms with Crippen LogP contribution in [-0.2, 0) is 10.0 Å². The summed E-state index contributed by atoms with van der Waals surface area (Å²) in [6, 6.07) is 8.42. The van der Waals surface area contributed by atoms with Crippen molar-refractivity contribution in [3.05, 3.63) is 29.8 Å². The molecule has 0 saturated carbocycles. The van der Waals surface area contributed by atoms with E-state index in [1.54, 1.807) is 12.1 Å². The van der Waals surface area contributed by atoms with Crippen molar-refractivity contribution in [1.82, 2.24) is 4.72 Å². The number of hydrogen-bond donors (Lipinski definition) is 1. The molecule has 4 nitrogen and oxygen atoms in total. The lowest BCUT2D eigenvalue weighted by Gasteiger charge is -2.07. The summed E-state index contributed by atoms with van der Waals surface area (Å²) >= 11 is 3.23. The van der Waals surface area contributed by atoms with Crippen molar-refractivity contribution in [1.29, 1.82) is 5.26 Å². The molecule has 1 aromatic rings. The van der Waals surface area contributed by atoms with Crippen molar-refractivity contribution in [3.63, 3.8) is 0 Å². The number of rotatable bonds is 4. The molecule has 86 valence electrons. The maximum absolute atomic E-state index is 11.4. The molecule has 16 heavy (non-hydrogen) atoms. The van der Waals surface area contributed by atoms with E-state index in [2.05, 4.69) is 26.7 Å². The first-order valence-corrected chi connectivity index (χ1v) is 7.14. The van der Waals surface area contributed by atoms with Crippen LogP contribution in [0.2, 0.25) is 0 Å². The van der Waals surface area contributed by atoms with E-state index in [0.717, 1.165) is 5.56 Å². The average Bonchev–Trinajstić information content (AvgIpc) is 2.31. The molecule has 0 bridgehead atoms. The number of nitrogens with one attached hydrogen (secondary N) is 1. The molecular formula is C10H11BrN2O2S. The summed E-state index contributed by atoms with van der Waals surface area (Å²) < 4.78 is 25.1. The third-order valence-electron chi connectivity index (χ3n) is 2.17. The van der Waals surface area contributed by atoms with E-state index in [4.69, 9.17) is 5.26 Å². The maximum Gasteiger partial charge on any atom is 0.240 e. The van der Waals surface area contributed by atoms with Crippen LogP contribution >= 0.6 is 15.9 Å². The van der Waals surface area contributed by atoms with E-state index in [0.29, 0.717) is 5.33 Å². The molecule has 0 fully saturated rings. The number of alkyl halides is 1. The molecule has 0 aliphatic rings. The van der Waals surface area contributed by atoms with Gasteiger partial charge in [-0.25, -0.2) is 13.1 Å². The fraction of sp³-hybridized carbons (Fsp3) is 0.300. The van der Waals surface area contributed by atoms with Gasteiger partial charge in [0, 0.05) is 5.33 Å². The van der Waals surface area contributed by atoms with Crippen LogP contribution in [-0.4, -0.2) is 20.8 Å². The fourth-order valence-electron chi connectivity index (χ4n) is 1.20. The molecule has 0 saturated heterocycles. The summed E-state index contributed by atoms with van der Waals surface area (Å²) in [7, 11) is -2.04. The third-order valence-corrected chi connectivity index (χ3v) is 4.25. The van der Waals surface area contributed by atoms with Gasteiger partial charge in [0.2, 0.25) is 10.0 Å². The first kappa shape index (κ1) is 13.2. The van der Waals surface area contributed by atoms with Crippen molar-refractivity contribution >= 4 is 26.0 Å². The van der Waals surface area contributed by atoms with Gasteiger partial charge in [-0.05, 0) is 24.7 Å². The summed E-state index contributed by atoms with van der Waals surface area (Å²) in [5.74, 6) is -0.258. The van der Waals surface area contributed by atoms with Crippen molar-refractivity contribution in [2.75, 3.05) is 12.4 Å². The van der Waals surface area contributed by atoms with E-state index >= 15 is 0 Å². The van der Waals surface area contributed by atoms with Crippen LogP contribution in [0.5, 0.6) is 0 Å². The predicted molar refractivity (Wildman–Crippen MR) is 64.8 cm³/mol. The Labute approximate surface area is 103 Å². The van der Waals surface area contributed by atoms with Crippen LogP contribution in [0.25, 0.3) is 0 Å². The van der Waals surface area contributed by atoms with E-state index in [-0.39, 0.29) is 10.8 Å². The van der Waals surface area contributed by atoms with Crippen LogP contribution in [0.3, 0.4) is 0 Å². The summed E-state index contributed by atoms with van der Waals surface area (Å²) in [5, 5.41) is 9.37. The SMILES string of the molecule is CNS(=O)(=O)c1ccc(C(C#N)CBr)cc1. The number of halogens is 1. The second-order valence-electron chi connectivity index (χ2n) is 3.11. The number of sulfonamides is 1. The average molecular weight is 303 g/mol. The number of nitriles is 1. The molecule has 0 aromatic heterocycles. The molecule has 1 atom stereocenters. The predicted octanol–water partition coefficient (Wildman–Crippen LogP) is 1.60. The van der Waals surface area contributed by atoms with E-state index in [1.807, 2.05) is 0 Å². The molecule has 0 radical (unpaired) electrons. The fourth-order valence-corrected chi connectivity index (χ4v) is 2.44. The monoisotopic (exact) mass is 302 g/mol. The van der Waals surface area contributed by atoms with E-state index < -0.39 is 10.0 Å². The van der Waals surface area contributed by atoms with Crippen molar-refractivity contribution in [3.8, 4) is 6.07 Å². The lowest BCUT2D eigenvalue weighted by molar-refractivity contribution is 0.588. The van der Waals surface area contributed by atoms with Crippen LogP contribution in [0, 0.1) is 11.3 Å². The summed E-state index contributed by atoms with van der Waals surface area (Å²) in [5.41, 5.74) is 0.800. The Morgan fingerprint density at radius 2 is 2.00 bits per heavy atom. The van der Waals surface area contributed by atoms with Gasteiger partial charge in [-0.15, -0.1) is 0 Å². The van der Waals surface area contributed by atoms with Crippen molar-refractivity contribution in [2.24, 2.45) is 0 Å². The minimum Gasteiger partial charge on any atom is -0.214 e. The highest BCUT2D eigenvalue weighted by atomic mass is 79.9. The van der Waals surface area contributed by atoms with Gasteiger partial charge in [0.25, 0.3) is 0 Å². The lowest BCUT2D eigenvalue weighted by atomic mass is 10.0. The van der Waals surface area contributed by atoms with Crippen LogP contribution in [0.1, 0.15) is 11.5 Å². The van der Waals surface area contributed by atoms with Crippen molar-refractivity contribution in [2.45, 2.75) is 10.8 Å². The Morgan fingerprint density at radius 3 is 2.38 bits per heavy atom. The summed E-state index contributed by atoms with van der Waals surface area (Å²) in [4.78, 5) is 0.199. The Hall–Kier alpha value is -0.900. The Kier molecular flexibility index (Phi) is 4.47. The molecule has 0 aliphatic carbocycles. The molecule has 1 rings (SSSR count). The molecule has 1 unspecified atom stereocenters. The van der Waals surface area contributed by atoms with Crippen LogP contribution < -0.4 is 4.72 Å². The number of nitrogens with zero attached hydrogens (tertiary/aromatic N) is 1. The molecule has 0 amide bonds. The summed E-state index contributed by atoms with van der Waals surface area (Å²) in [6.07, 6.45) is 0. The molecule has 1 aromatic carbocycles. The largest absolute Gasteiger partial charge is 0.240 e. The summed E-state index contributed by atoms with van der Waals surface area (Å²) in [6.45, 7) is 0. The van der Waals surface area contributed by atoms with Crippen LogP contribution in [0.4, 0.5) is 0 Å². The molecule has 6 heteroatoms. The van der Waals surface area contributed by atoms with Gasteiger partial charge in [0.05, 0.1) is 16.9 Å². The van der Waals surface area contributed by atoms with Gasteiger partial charge in [-0.3, -0.25) is 0 Å². The highest BCUT2D eigenvalue weighted by Crippen LogP contribution is 2.19. The van der Waals surface area contributed by atoms with Crippen LogP contribution in [0.15, 0.2) is 29.2 Å². The maximum atomic E-state index is 11.4. The second kappa shape index (κ2) is 5.43. The minimum atomic E-state index is -3.40. The van der Waals surface area contributed by atoms with Gasteiger partial charge in [-0.2, -0.15) is 5.26 Å². The first-order valence-electron chi connectivity index (χ1n) is 4.54. The smallest absolute Gasteiger partial charge is 0.214 e. The Morgan fingerprint density at radius 1 is 1.44 bits per heavy atom. The zero-order chi connectivity index (χ0) is 12.2. The molecular weight excluding hydrogens is 292 g/mol. The molecule has 0 heterocycles. The normalized spacial score (nSPS) is 13.1. The molecule has 0 aliphatic heterocycles. The van der Waals surface area contributed by atoms with E-state index in [1.165, 1.54) is 19.2 Å². The zero-order valence-electron chi connectivity index (χ0n) is 8.64. The zero-order valence-corrected chi connectivity index (χ0v) is 11.0. The van der Waals surface area contributed by atoms with E-state index in [9.17, 15) is 8.42 Å².